The summed E-state index contributed by atoms with van der Waals surface area (Å²) >= 11 is 0. The first-order chi connectivity index (χ1) is 8.02. The fourth-order valence-corrected chi connectivity index (χ4v) is 4.84. The average molecular weight is 233 g/mol. The first-order valence-electron chi connectivity index (χ1n) is 6.58. The van der Waals surface area contributed by atoms with Crippen LogP contribution in [0.5, 0.6) is 0 Å². The molecule has 6 atom stereocenters. The largest absolute Gasteiger partial charge is 0.460 e. The average Bonchev–Trinajstić information content (AvgIpc) is 2.84. The molecule has 3 heteroatoms. The van der Waals surface area contributed by atoms with Gasteiger partial charge in [0.05, 0.1) is 0 Å². The third-order valence-corrected chi connectivity index (χ3v) is 5.21. The highest BCUT2D eigenvalue weighted by Gasteiger charge is 2.62. The van der Waals surface area contributed by atoms with Gasteiger partial charge in [0.2, 0.25) is 6.04 Å². The minimum Gasteiger partial charge on any atom is -0.460 e. The van der Waals surface area contributed by atoms with Gasteiger partial charge in [-0.1, -0.05) is 0 Å². The molecule has 0 N–H and O–H groups in total. The molecule has 0 amide bonds. The number of hydrogen-bond donors (Lipinski definition) is 0. The second-order valence-electron chi connectivity index (χ2n) is 6.37. The Morgan fingerprint density at radius 2 is 2.00 bits per heavy atom. The number of nitrogens with zero attached hydrogens (tertiary/aromatic N) is 1. The van der Waals surface area contributed by atoms with E-state index in [1.54, 1.807) is 0 Å². The lowest BCUT2D eigenvalue weighted by molar-refractivity contribution is -0.155. The van der Waals surface area contributed by atoms with E-state index in [0.717, 1.165) is 25.2 Å². The maximum Gasteiger partial charge on any atom is 0.303 e. The van der Waals surface area contributed by atoms with E-state index in [0.29, 0.717) is 17.8 Å². The molecule has 17 heavy (non-hydrogen) atoms. The fourth-order valence-electron chi connectivity index (χ4n) is 4.84. The van der Waals surface area contributed by atoms with Crippen molar-refractivity contribution in [2.75, 3.05) is 0 Å². The third kappa shape index (κ3) is 1.57. The summed E-state index contributed by atoms with van der Waals surface area (Å²) < 4.78 is 5.51. The van der Waals surface area contributed by atoms with Crippen molar-refractivity contribution >= 4 is 5.97 Å². The molecule has 0 aromatic rings. The Hall–Kier alpha value is -1.04. The van der Waals surface area contributed by atoms with Crippen LogP contribution < -0.4 is 0 Å². The molecule has 0 aromatic carbocycles. The molecule has 3 saturated carbocycles. The van der Waals surface area contributed by atoms with Crippen LogP contribution in [0.15, 0.2) is 0 Å². The third-order valence-electron chi connectivity index (χ3n) is 5.21. The van der Waals surface area contributed by atoms with Crippen molar-refractivity contribution in [3.8, 4) is 0 Å². The zero-order valence-electron chi connectivity index (χ0n) is 10.5. The van der Waals surface area contributed by atoms with Gasteiger partial charge in [0.25, 0.3) is 0 Å². The van der Waals surface area contributed by atoms with Crippen molar-refractivity contribution < 1.29 is 9.53 Å². The van der Waals surface area contributed by atoms with Gasteiger partial charge in [-0.15, -0.1) is 0 Å². The smallest absolute Gasteiger partial charge is 0.303 e. The highest BCUT2D eigenvalue weighted by molar-refractivity contribution is 5.66. The van der Waals surface area contributed by atoms with Crippen molar-refractivity contribution in [2.45, 2.75) is 51.2 Å². The minimum absolute atomic E-state index is 0.165. The zero-order valence-corrected chi connectivity index (χ0v) is 10.5. The van der Waals surface area contributed by atoms with Crippen LogP contribution in [0.3, 0.4) is 0 Å². The van der Waals surface area contributed by atoms with Gasteiger partial charge < -0.3 is 9.58 Å². The summed E-state index contributed by atoms with van der Waals surface area (Å²) in [5.41, 5.74) is -0.255. The van der Waals surface area contributed by atoms with Crippen LogP contribution >= 0.6 is 0 Å². The second kappa shape index (κ2) is 3.48. The van der Waals surface area contributed by atoms with E-state index in [1.165, 1.54) is 13.3 Å². The summed E-state index contributed by atoms with van der Waals surface area (Å²) in [7, 11) is 0. The molecule has 3 aliphatic carbocycles. The molecule has 0 heterocycles. The molecule has 0 aliphatic heterocycles. The van der Waals surface area contributed by atoms with Crippen molar-refractivity contribution in [3.05, 3.63) is 11.4 Å². The zero-order chi connectivity index (χ0) is 12.2. The van der Waals surface area contributed by atoms with Gasteiger partial charge in [0, 0.05) is 19.3 Å². The highest BCUT2D eigenvalue weighted by atomic mass is 16.6. The molecule has 92 valence electrons. The lowest BCUT2D eigenvalue weighted by Gasteiger charge is -2.25. The van der Waals surface area contributed by atoms with Crippen LogP contribution in [-0.4, -0.2) is 17.6 Å². The van der Waals surface area contributed by atoms with Gasteiger partial charge in [0.1, 0.15) is 5.60 Å². The van der Waals surface area contributed by atoms with Crippen LogP contribution in [0.4, 0.5) is 0 Å². The van der Waals surface area contributed by atoms with E-state index < -0.39 is 0 Å². The molecule has 3 nitrogen and oxygen atoms in total. The van der Waals surface area contributed by atoms with E-state index in [-0.39, 0.29) is 17.6 Å². The number of esters is 1. The molecule has 6 unspecified atom stereocenters. The van der Waals surface area contributed by atoms with Gasteiger partial charge in [-0.05, 0) is 43.9 Å². The number of hydrogen-bond acceptors (Lipinski definition) is 2. The minimum atomic E-state index is -0.255. The van der Waals surface area contributed by atoms with Gasteiger partial charge in [-0.25, -0.2) is 6.57 Å². The first kappa shape index (κ1) is 11.1. The predicted molar refractivity (Wildman–Crippen MR) is 63.0 cm³/mol. The Morgan fingerprint density at radius 3 is 2.65 bits per heavy atom. The Kier molecular flexibility index (Phi) is 2.26. The summed E-state index contributed by atoms with van der Waals surface area (Å²) in [6.07, 6.45) is 4.33. The first-order valence-corrected chi connectivity index (χ1v) is 6.58. The summed E-state index contributed by atoms with van der Waals surface area (Å²) in [5, 5.41) is 0. The van der Waals surface area contributed by atoms with E-state index in [2.05, 4.69) is 11.8 Å². The van der Waals surface area contributed by atoms with Gasteiger partial charge >= 0.3 is 5.97 Å². The molecule has 0 saturated heterocycles. The molecule has 0 radical (unpaired) electrons. The van der Waals surface area contributed by atoms with E-state index >= 15 is 0 Å². The molecule has 0 spiro atoms. The number of carbonyl (C=O) groups is 1. The van der Waals surface area contributed by atoms with Crippen LogP contribution in [0.25, 0.3) is 4.85 Å². The Balaban J connectivity index is 1.77. The molecule has 2 bridgehead atoms. The van der Waals surface area contributed by atoms with Crippen LogP contribution in [0.1, 0.15) is 39.5 Å². The van der Waals surface area contributed by atoms with E-state index in [1.807, 2.05) is 0 Å². The molecule has 0 aromatic heterocycles. The molecule has 3 aliphatic rings. The number of rotatable bonds is 1. The quantitative estimate of drug-likeness (QED) is 0.515. The summed E-state index contributed by atoms with van der Waals surface area (Å²) in [6.45, 7) is 10.8. The maximum atomic E-state index is 11.2. The SMILES string of the molecule is [C-]#[N+]C1CC2CC1C1CC(C)(OC(C)=O)CC21. The van der Waals surface area contributed by atoms with Gasteiger partial charge in [-0.2, -0.15) is 0 Å². The van der Waals surface area contributed by atoms with Crippen molar-refractivity contribution in [3.63, 3.8) is 0 Å². The maximum absolute atomic E-state index is 11.2. The van der Waals surface area contributed by atoms with Gasteiger partial charge in [0.15, 0.2) is 0 Å². The topological polar surface area (TPSA) is 30.7 Å². The summed E-state index contributed by atoms with van der Waals surface area (Å²) in [6, 6.07) is 0.251. The Morgan fingerprint density at radius 1 is 1.29 bits per heavy atom. The normalized spacial score (nSPS) is 51.0. The monoisotopic (exact) mass is 233 g/mol. The van der Waals surface area contributed by atoms with Crippen molar-refractivity contribution in [1.82, 2.24) is 0 Å². The lowest BCUT2D eigenvalue weighted by atomic mass is 9.79. The second-order valence-corrected chi connectivity index (χ2v) is 6.37. The standard InChI is InChI=1S/C14H19NO2/c1-8(16)17-14(2)6-11-9-4-10(12(11)7-14)13(5-9)15-3/h9-13H,4-7H2,1-2H3. The van der Waals surface area contributed by atoms with Crippen LogP contribution in [0.2, 0.25) is 0 Å². The van der Waals surface area contributed by atoms with E-state index in [4.69, 9.17) is 11.3 Å². The van der Waals surface area contributed by atoms with Crippen LogP contribution in [-0.2, 0) is 9.53 Å². The number of fused-ring (bicyclic) bond motifs is 5. The van der Waals surface area contributed by atoms with Crippen molar-refractivity contribution in [2.24, 2.45) is 23.7 Å². The molecular weight excluding hydrogens is 214 g/mol. The fraction of sp³-hybridized carbons (Fsp3) is 0.857. The Labute approximate surface area is 102 Å². The molecule has 3 fully saturated rings. The predicted octanol–water partition coefficient (Wildman–Crippen LogP) is 2.66. The van der Waals surface area contributed by atoms with Gasteiger partial charge in [-0.3, -0.25) is 4.79 Å². The number of ether oxygens (including phenoxy) is 1. The summed E-state index contributed by atoms with van der Waals surface area (Å²) in [4.78, 5) is 14.9. The number of carbonyl (C=O) groups excluding carboxylic acids is 1. The van der Waals surface area contributed by atoms with E-state index in [9.17, 15) is 4.79 Å². The summed E-state index contributed by atoms with van der Waals surface area (Å²) in [5.74, 6) is 2.49. The van der Waals surface area contributed by atoms with Crippen molar-refractivity contribution in [1.29, 1.82) is 0 Å². The Bertz CT molecular complexity index is 400. The lowest BCUT2D eigenvalue weighted by Crippen LogP contribution is -2.29. The van der Waals surface area contributed by atoms with Crippen LogP contribution in [0, 0.1) is 30.2 Å². The molecular formula is C14H19NO2. The molecule has 3 rings (SSSR count). The highest BCUT2D eigenvalue weighted by Crippen LogP contribution is 2.62.